The zero-order chi connectivity index (χ0) is 11.4. The Hall–Kier alpha value is -0.850. The van der Waals surface area contributed by atoms with Crippen molar-refractivity contribution in [3.05, 3.63) is 27.2 Å². The van der Waals surface area contributed by atoms with Gasteiger partial charge in [-0.3, -0.25) is 5.43 Å². The number of hydrogen-bond acceptors (Lipinski definition) is 3. The van der Waals surface area contributed by atoms with Gasteiger partial charge in [0, 0.05) is 10.0 Å². The largest absolute Gasteiger partial charge is 0.507 e. The summed E-state index contributed by atoms with van der Waals surface area (Å²) in [5.41, 5.74) is 7.99. The molecule has 1 aromatic rings. The number of thiocarbonyl (C=S) groups is 1. The molecular weight excluding hydrogens is 302 g/mol. The van der Waals surface area contributed by atoms with Gasteiger partial charge in [0.2, 0.25) is 0 Å². The lowest BCUT2D eigenvalue weighted by atomic mass is 10.2. The van der Waals surface area contributed by atoms with Crippen LogP contribution in [0.25, 0.3) is 0 Å². The van der Waals surface area contributed by atoms with Gasteiger partial charge in [-0.2, -0.15) is 5.10 Å². The molecule has 7 heteroatoms. The van der Waals surface area contributed by atoms with E-state index >= 15 is 0 Å². The first-order valence-corrected chi connectivity index (χ1v) is 5.35. The van der Waals surface area contributed by atoms with Gasteiger partial charge in [0.1, 0.15) is 5.75 Å². The number of phenols is 1. The third-order valence-corrected chi connectivity index (χ3v) is 2.74. The summed E-state index contributed by atoms with van der Waals surface area (Å²) in [5, 5.41) is 13.7. The van der Waals surface area contributed by atoms with Crippen molar-refractivity contribution in [2.24, 2.45) is 10.8 Å². The van der Waals surface area contributed by atoms with Gasteiger partial charge in [0.15, 0.2) is 5.11 Å². The SMILES string of the molecule is NC(=S)NN=Cc1cc(Cl)c(Br)cc1O. The Labute approximate surface area is 105 Å². The van der Waals surface area contributed by atoms with Gasteiger partial charge in [0.05, 0.1) is 11.2 Å². The van der Waals surface area contributed by atoms with Crippen LogP contribution < -0.4 is 11.2 Å². The topological polar surface area (TPSA) is 70.6 Å². The molecule has 0 heterocycles. The van der Waals surface area contributed by atoms with E-state index in [-0.39, 0.29) is 10.9 Å². The van der Waals surface area contributed by atoms with E-state index in [2.05, 4.69) is 38.7 Å². The fourth-order valence-corrected chi connectivity index (χ4v) is 1.38. The summed E-state index contributed by atoms with van der Waals surface area (Å²) in [7, 11) is 0. The molecule has 4 nitrogen and oxygen atoms in total. The standard InChI is InChI=1S/C8H7BrClN3OS/c9-5-2-7(14)4(1-6(5)10)3-12-13-8(11)15/h1-3,14H,(H3,11,13,15). The molecule has 0 aliphatic carbocycles. The maximum atomic E-state index is 9.51. The van der Waals surface area contributed by atoms with E-state index < -0.39 is 0 Å². The monoisotopic (exact) mass is 307 g/mol. The number of hydrogen-bond donors (Lipinski definition) is 3. The van der Waals surface area contributed by atoms with E-state index in [4.69, 9.17) is 17.3 Å². The summed E-state index contributed by atoms with van der Waals surface area (Å²) >= 11 is 13.6. The van der Waals surface area contributed by atoms with Crippen molar-refractivity contribution < 1.29 is 5.11 Å². The van der Waals surface area contributed by atoms with Crippen LogP contribution in [0.4, 0.5) is 0 Å². The molecule has 0 aromatic heterocycles. The van der Waals surface area contributed by atoms with E-state index in [1.54, 1.807) is 6.07 Å². The van der Waals surface area contributed by atoms with Crippen molar-refractivity contribution >= 4 is 51.1 Å². The highest BCUT2D eigenvalue weighted by Crippen LogP contribution is 2.29. The molecule has 0 radical (unpaired) electrons. The van der Waals surface area contributed by atoms with E-state index in [1.807, 2.05) is 0 Å². The zero-order valence-electron chi connectivity index (χ0n) is 7.37. The molecule has 0 spiro atoms. The molecule has 15 heavy (non-hydrogen) atoms. The average Bonchev–Trinajstić information content (AvgIpc) is 2.13. The van der Waals surface area contributed by atoms with Gasteiger partial charge >= 0.3 is 0 Å². The normalized spacial score (nSPS) is 10.5. The summed E-state index contributed by atoms with van der Waals surface area (Å²) in [6, 6.07) is 3.04. The predicted octanol–water partition coefficient (Wildman–Crippen LogP) is 1.98. The smallest absolute Gasteiger partial charge is 0.184 e. The number of benzene rings is 1. The molecule has 0 unspecified atom stereocenters. The molecular formula is C8H7BrClN3OS. The molecule has 0 atom stereocenters. The molecule has 4 N–H and O–H groups in total. The quantitative estimate of drug-likeness (QED) is 0.444. The second-order valence-electron chi connectivity index (χ2n) is 2.56. The lowest BCUT2D eigenvalue weighted by Gasteiger charge is -2.01. The number of halogens is 2. The van der Waals surface area contributed by atoms with Crippen molar-refractivity contribution in [2.75, 3.05) is 0 Å². The van der Waals surface area contributed by atoms with Gasteiger partial charge in [-0.25, -0.2) is 0 Å². The Kier molecular flexibility index (Phi) is 4.31. The first kappa shape index (κ1) is 12.2. The van der Waals surface area contributed by atoms with Crippen LogP contribution in [0.1, 0.15) is 5.56 Å². The third kappa shape index (κ3) is 3.65. The van der Waals surface area contributed by atoms with Gasteiger partial charge in [0.25, 0.3) is 0 Å². The summed E-state index contributed by atoms with van der Waals surface area (Å²) in [6.45, 7) is 0. The maximum Gasteiger partial charge on any atom is 0.184 e. The fraction of sp³-hybridized carbons (Fsp3) is 0. The van der Waals surface area contributed by atoms with E-state index in [0.29, 0.717) is 15.1 Å². The minimum atomic E-state index is 0.0500. The molecule has 1 rings (SSSR count). The highest BCUT2D eigenvalue weighted by molar-refractivity contribution is 9.10. The van der Waals surface area contributed by atoms with Crippen LogP contribution in [0.5, 0.6) is 5.75 Å². The van der Waals surface area contributed by atoms with Crippen LogP contribution in [0.15, 0.2) is 21.7 Å². The average molecular weight is 309 g/mol. The molecule has 0 aliphatic rings. The van der Waals surface area contributed by atoms with Crippen molar-refractivity contribution in [1.82, 2.24) is 5.43 Å². The van der Waals surface area contributed by atoms with E-state index in [0.717, 1.165) is 0 Å². The van der Waals surface area contributed by atoms with Crippen molar-refractivity contribution in [1.29, 1.82) is 0 Å². The Balaban J connectivity index is 2.90. The number of hydrazone groups is 1. The molecule has 80 valence electrons. The first-order chi connectivity index (χ1) is 7.00. The van der Waals surface area contributed by atoms with E-state index in [1.165, 1.54) is 12.3 Å². The number of aromatic hydroxyl groups is 1. The molecule has 0 fully saturated rings. The van der Waals surface area contributed by atoms with Crippen molar-refractivity contribution in [2.45, 2.75) is 0 Å². The van der Waals surface area contributed by atoms with Crippen LogP contribution in [-0.2, 0) is 0 Å². The first-order valence-electron chi connectivity index (χ1n) is 3.77. The Bertz CT molecular complexity index is 425. The summed E-state index contributed by atoms with van der Waals surface area (Å²) in [5.74, 6) is 0.0553. The summed E-state index contributed by atoms with van der Waals surface area (Å²) in [6.07, 6.45) is 1.37. The zero-order valence-corrected chi connectivity index (χ0v) is 10.5. The molecule has 0 saturated carbocycles. The second kappa shape index (κ2) is 5.29. The van der Waals surface area contributed by atoms with Crippen molar-refractivity contribution in [3.63, 3.8) is 0 Å². The minimum absolute atomic E-state index is 0.0500. The van der Waals surface area contributed by atoms with Gasteiger partial charge < -0.3 is 10.8 Å². The molecule has 0 bridgehead atoms. The number of nitrogens with zero attached hydrogens (tertiary/aromatic N) is 1. The van der Waals surface area contributed by atoms with Crippen LogP contribution in [0.3, 0.4) is 0 Å². The lowest BCUT2D eigenvalue weighted by Crippen LogP contribution is -2.23. The third-order valence-electron chi connectivity index (χ3n) is 1.45. The second-order valence-corrected chi connectivity index (χ2v) is 4.26. The number of phenolic OH excluding ortho intramolecular Hbond substituents is 1. The van der Waals surface area contributed by atoms with Crippen LogP contribution >= 0.6 is 39.7 Å². The molecule has 0 amide bonds. The number of nitrogens with one attached hydrogen (secondary N) is 1. The highest BCUT2D eigenvalue weighted by atomic mass is 79.9. The highest BCUT2D eigenvalue weighted by Gasteiger charge is 2.03. The van der Waals surface area contributed by atoms with E-state index in [9.17, 15) is 5.11 Å². The number of nitrogens with two attached hydrogens (primary N) is 1. The van der Waals surface area contributed by atoms with Gasteiger partial charge in [-0.1, -0.05) is 11.6 Å². The summed E-state index contributed by atoms with van der Waals surface area (Å²) in [4.78, 5) is 0. The molecule has 1 aromatic carbocycles. The minimum Gasteiger partial charge on any atom is -0.507 e. The number of rotatable bonds is 2. The lowest BCUT2D eigenvalue weighted by molar-refractivity contribution is 0.474. The van der Waals surface area contributed by atoms with Crippen LogP contribution in [0.2, 0.25) is 5.02 Å². The Morgan fingerprint density at radius 3 is 2.93 bits per heavy atom. The fourth-order valence-electron chi connectivity index (χ4n) is 0.821. The van der Waals surface area contributed by atoms with Gasteiger partial charge in [-0.15, -0.1) is 0 Å². The van der Waals surface area contributed by atoms with Gasteiger partial charge in [-0.05, 0) is 40.3 Å². The Morgan fingerprint density at radius 1 is 1.67 bits per heavy atom. The Morgan fingerprint density at radius 2 is 2.33 bits per heavy atom. The predicted molar refractivity (Wildman–Crippen MR) is 68.3 cm³/mol. The molecule has 0 saturated heterocycles. The van der Waals surface area contributed by atoms with Crippen LogP contribution in [-0.4, -0.2) is 16.4 Å². The van der Waals surface area contributed by atoms with Crippen molar-refractivity contribution in [3.8, 4) is 5.75 Å². The summed E-state index contributed by atoms with van der Waals surface area (Å²) < 4.78 is 0.612. The maximum absolute atomic E-state index is 9.51. The molecule has 0 aliphatic heterocycles. The van der Waals surface area contributed by atoms with Crippen LogP contribution in [0, 0.1) is 0 Å².